The highest BCUT2D eigenvalue weighted by atomic mass is 16.5. The third kappa shape index (κ3) is 4.31. The topological polar surface area (TPSA) is 93.5 Å². The predicted octanol–water partition coefficient (Wildman–Crippen LogP) is 3.41. The number of nitrogens with one attached hydrogen (secondary N) is 1. The van der Waals surface area contributed by atoms with Crippen LogP contribution in [0.1, 0.15) is 51.5 Å². The molecule has 8 nitrogen and oxygen atoms in total. The van der Waals surface area contributed by atoms with Crippen LogP contribution in [-0.4, -0.2) is 39.7 Å². The zero-order valence-electron chi connectivity index (χ0n) is 19.8. The van der Waals surface area contributed by atoms with Crippen molar-refractivity contribution < 1.29 is 19.1 Å². The van der Waals surface area contributed by atoms with Gasteiger partial charge in [-0.1, -0.05) is 36.4 Å². The molecule has 1 N–H and O–H groups in total. The monoisotopic (exact) mass is 460 g/mol. The molecule has 2 amide bonds. The standard InChI is InChI=1S/C26H28N4O4/c1-5-34-24(32)21-14-22-23(31)30(20-12-17(2)11-18(3)13-20)26(4,16-29(22)28-21)25(33)27-15-19-9-7-6-8-10-19/h6-14H,5,15-16H2,1-4H3,(H,27,33)/t26-/m1/s1. The molecule has 1 aliphatic rings. The number of aromatic nitrogens is 2. The lowest BCUT2D eigenvalue weighted by atomic mass is 9.93. The van der Waals surface area contributed by atoms with Crippen molar-refractivity contribution in [2.45, 2.75) is 46.3 Å². The first kappa shape index (κ1) is 23.2. The number of hydrogen-bond donors (Lipinski definition) is 1. The lowest BCUT2D eigenvalue weighted by molar-refractivity contribution is -0.126. The van der Waals surface area contributed by atoms with Crippen LogP contribution in [0.2, 0.25) is 0 Å². The number of ether oxygens (including phenoxy) is 1. The second kappa shape index (κ2) is 9.13. The number of esters is 1. The quantitative estimate of drug-likeness (QED) is 0.569. The molecule has 0 bridgehead atoms. The third-order valence-corrected chi connectivity index (χ3v) is 5.89. The second-order valence-corrected chi connectivity index (χ2v) is 8.72. The van der Waals surface area contributed by atoms with Crippen LogP contribution in [0.25, 0.3) is 0 Å². The molecule has 0 spiro atoms. The summed E-state index contributed by atoms with van der Waals surface area (Å²) in [5.41, 5.74) is 2.50. The van der Waals surface area contributed by atoms with Crippen molar-refractivity contribution >= 4 is 23.5 Å². The fourth-order valence-electron chi connectivity index (χ4n) is 4.34. The summed E-state index contributed by atoms with van der Waals surface area (Å²) >= 11 is 0. The summed E-state index contributed by atoms with van der Waals surface area (Å²) in [6.07, 6.45) is 0. The molecule has 3 aromatic rings. The smallest absolute Gasteiger partial charge is 0.358 e. The van der Waals surface area contributed by atoms with Gasteiger partial charge in [0.05, 0.1) is 13.2 Å². The van der Waals surface area contributed by atoms with Gasteiger partial charge in [0.2, 0.25) is 5.91 Å². The minimum atomic E-state index is -1.28. The minimum Gasteiger partial charge on any atom is -0.461 e. The van der Waals surface area contributed by atoms with Crippen molar-refractivity contribution in [3.8, 4) is 0 Å². The maximum atomic E-state index is 13.8. The molecule has 176 valence electrons. The van der Waals surface area contributed by atoms with E-state index in [-0.39, 0.29) is 30.4 Å². The number of benzene rings is 2. The van der Waals surface area contributed by atoms with E-state index in [1.165, 1.54) is 15.6 Å². The van der Waals surface area contributed by atoms with Crippen LogP contribution in [0.5, 0.6) is 0 Å². The van der Waals surface area contributed by atoms with Gasteiger partial charge >= 0.3 is 5.97 Å². The maximum Gasteiger partial charge on any atom is 0.358 e. The largest absolute Gasteiger partial charge is 0.461 e. The zero-order valence-corrected chi connectivity index (χ0v) is 19.8. The number of aryl methyl sites for hydroxylation is 2. The summed E-state index contributed by atoms with van der Waals surface area (Å²) < 4.78 is 6.48. The molecule has 0 aliphatic carbocycles. The van der Waals surface area contributed by atoms with Crippen LogP contribution in [0, 0.1) is 13.8 Å². The molecule has 0 saturated heterocycles. The van der Waals surface area contributed by atoms with E-state index < -0.39 is 17.4 Å². The van der Waals surface area contributed by atoms with Gasteiger partial charge in [-0.15, -0.1) is 0 Å². The van der Waals surface area contributed by atoms with Gasteiger partial charge in [-0.2, -0.15) is 5.10 Å². The van der Waals surface area contributed by atoms with Crippen molar-refractivity contribution in [3.63, 3.8) is 0 Å². The number of carbonyl (C=O) groups excluding carboxylic acids is 3. The van der Waals surface area contributed by atoms with E-state index in [4.69, 9.17) is 4.74 Å². The van der Waals surface area contributed by atoms with E-state index in [1.807, 2.05) is 62.4 Å². The van der Waals surface area contributed by atoms with E-state index in [0.29, 0.717) is 12.2 Å². The summed E-state index contributed by atoms with van der Waals surface area (Å²) in [6.45, 7) is 7.92. The maximum absolute atomic E-state index is 13.8. The Balaban J connectivity index is 1.76. The summed E-state index contributed by atoms with van der Waals surface area (Å²) in [5.74, 6) is -1.33. The number of nitrogens with zero attached hydrogens (tertiary/aromatic N) is 3. The van der Waals surface area contributed by atoms with Crippen molar-refractivity contribution in [2.75, 3.05) is 11.5 Å². The highest BCUT2D eigenvalue weighted by molar-refractivity contribution is 6.12. The van der Waals surface area contributed by atoms with Crippen molar-refractivity contribution in [1.82, 2.24) is 15.1 Å². The van der Waals surface area contributed by atoms with Crippen LogP contribution in [0.15, 0.2) is 54.6 Å². The Kier molecular flexibility index (Phi) is 6.24. The van der Waals surface area contributed by atoms with Gasteiger partial charge < -0.3 is 10.1 Å². The molecular formula is C26H28N4O4. The molecule has 34 heavy (non-hydrogen) atoms. The molecule has 0 unspecified atom stereocenters. The Hall–Kier alpha value is -3.94. The number of amides is 2. The molecule has 0 fully saturated rings. The van der Waals surface area contributed by atoms with E-state index in [2.05, 4.69) is 10.4 Å². The zero-order chi connectivity index (χ0) is 24.5. The Morgan fingerprint density at radius 2 is 1.76 bits per heavy atom. The van der Waals surface area contributed by atoms with E-state index in [9.17, 15) is 14.4 Å². The summed E-state index contributed by atoms with van der Waals surface area (Å²) in [7, 11) is 0. The van der Waals surface area contributed by atoms with Gasteiger partial charge in [0.15, 0.2) is 5.69 Å². The molecule has 2 heterocycles. The van der Waals surface area contributed by atoms with Crippen LogP contribution in [0.4, 0.5) is 5.69 Å². The fourth-order valence-corrected chi connectivity index (χ4v) is 4.34. The Bertz CT molecular complexity index is 1230. The molecular weight excluding hydrogens is 432 g/mol. The minimum absolute atomic E-state index is 0.0412. The highest BCUT2D eigenvalue weighted by Gasteiger charge is 2.49. The number of carbonyl (C=O) groups is 3. The molecule has 1 atom stereocenters. The summed E-state index contributed by atoms with van der Waals surface area (Å²) in [5, 5.41) is 7.27. The molecule has 1 aliphatic heterocycles. The summed E-state index contributed by atoms with van der Waals surface area (Å²) in [6, 6.07) is 16.8. The number of fused-ring (bicyclic) bond motifs is 1. The van der Waals surface area contributed by atoms with Gasteiger partial charge in [0.1, 0.15) is 11.2 Å². The Morgan fingerprint density at radius 3 is 2.41 bits per heavy atom. The lowest BCUT2D eigenvalue weighted by Crippen LogP contribution is -2.64. The number of hydrogen-bond acceptors (Lipinski definition) is 5. The lowest BCUT2D eigenvalue weighted by Gasteiger charge is -2.43. The molecule has 8 heteroatoms. The number of rotatable bonds is 6. The molecule has 2 aromatic carbocycles. The SMILES string of the molecule is CCOC(=O)c1cc2n(n1)C[C@](C)(C(=O)NCc1ccccc1)N(c1cc(C)cc(C)c1)C2=O. The Labute approximate surface area is 198 Å². The van der Waals surface area contributed by atoms with Crippen molar-refractivity contribution in [2.24, 2.45) is 0 Å². The van der Waals surface area contributed by atoms with Gasteiger partial charge in [0, 0.05) is 18.3 Å². The Morgan fingerprint density at radius 1 is 1.09 bits per heavy atom. The van der Waals surface area contributed by atoms with Crippen LogP contribution < -0.4 is 10.2 Å². The van der Waals surface area contributed by atoms with Crippen molar-refractivity contribution in [1.29, 1.82) is 0 Å². The third-order valence-electron chi connectivity index (χ3n) is 5.89. The van der Waals surface area contributed by atoms with Crippen LogP contribution in [-0.2, 0) is 22.6 Å². The van der Waals surface area contributed by atoms with E-state index >= 15 is 0 Å². The van der Waals surface area contributed by atoms with Crippen LogP contribution >= 0.6 is 0 Å². The number of anilines is 1. The van der Waals surface area contributed by atoms with Crippen molar-refractivity contribution in [3.05, 3.63) is 82.7 Å². The van der Waals surface area contributed by atoms with Gasteiger partial charge in [0.25, 0.3) is 5.91 Å². The van der Waals surface area contributed by atoms with Gasteiger partial charge in [-0.05, 0) is 56.5 Å². The van der Waals surface area contributed by atoms with E-state index in [1.54, 1.807) is 13.8 Å². The second-order valence-electron chi connectivity index (χ2n) is 8.72. The molecule has 0 radical (unpaired) electrons. The van der Waals surface area contributed by atoms with Gasteiger partial charge in [-0.3, -0.25) is 19.2 Å². The fraction of sp³-hybridized carbons (Fsp3) is 0.308. The summed E-state index contributed by atoms with van der Waals surface area (Å²) in [4.78, 5) is 41.1. The van der Waals surface area contributed by atoms with E-state index in [0.717, 1.165) is 16.7 Å². The first-order valence-electron chi connectivity index (χ1n) is 11.2. The highest BCUT2D eigenvalue weighted by Crippen LogP contribution is 2.34. The predicted molar refractivity (Wildman–Crippen MR) is 128 cm³/mol. The molecule has 4 rings (SSSR count). The normalized spacial score (nSPS) is 17.3. The average Bonchev–Trinajstić information content (AvgIpc) is 3.22. The average molecular weight is 461 g/mol. The van der Waals surface area contributed by atoms with Gasteiger partial charge in [-0.25, -0.2) is 4.79 Å². The first-order chi connectivity index (χ1) is 16.2. The van der Waals surface area contributed by atoms with Crippen LogP contribution in [0.3, 0.4) is 0 Å². The molecule has 0 saturated carbocycles. The molecule has 1 aromatic heterocycles. The first-order valence-corrected chi connectivity index (χ1v) is 11.2.